The summed E-state index contributed by atoms with van der Waals surface area (Å²) in [6.45, 7) is 11.1. The lowest BCUT2D eigenvalue weighted by Crippen LogP contribution is -2.58. The summed E-state index contributed by atoms with van der Waals surface area (Å²) in [6.07, 6.45) is 0. The molecule has 0 aromatic carbocycles. The van der Waals surface area contributed by atoms with Crippen LogP contribution in [0, 0.1) is 6.92 Å². The molecule has 0 N–H and O–H groups in total. The standard InChI is InChI=1S/C17H24N8S/c1-11-18-20-15(26-11)10-23(5)12-8-24(9-12)14-7-6-13-19-21-16(17(2,3)4)25(13)22-14/h6-7,12H,8-10H2,1-5H3. The highest BCUT2D eigenvalue weighted by atomic mass is 32.1. The lowest BCUT2D eigenvalue weighted by atomic mass is 9.96. The van der Waals surface area contributed by atoms with Crippen molar-refractivity contribution in [3.63, 3.8) is 0 Å². The van der Waals surface area contributed by atoms with E-state index in [1.807, 2.05) is 23.6 Å². The summed E-state index contributed by atoms with van der Waals surface area (Å²) in [4.78, 5) is 4.63. The van der Waals surface area contributed by atoms with Gasteiger partial charge in [-0.2, -0.15) is 4.52 Å². The first-order valence-electron chi connectivity index (χ1n) is 8.78. The van der Waals surface area contributed by atoms with Gasteiger partial charge in [-0.25, -0.2) is 0 Å². The Morgan fingerprint density at radius 3 is 2.58 bits per heavy atom. The van der Waals surface area contributed by atoms with E-state index in [1.54, 1.807) is 11.3 Å². The molecule has 1 fully saturated rings. The summed E-state index contributed by atoms with van der Waals surface area (Å²) in [5.41, 5.74) is 0.697. The topological polar surface area (TPSA) is 75.3 Å². The molecule has 0 spiro atoms. The molecule has 1 aliphatic rings. The maximum absolute atomic E-state index is 4.78. The Morgan fingerprint density at radius 1 is 1.15 bits per heavy atom. The van der Waals surface area contributed by atoms with Gasteiger partial charge >= 0.3 is 0 Å². The Bertz CT molecular complexity index is 918. The van der Waals surface area contributed by atoms with E-state index in [0.29, 0.717) is 6.04 Å². The summed E-state index contributed by atoms with van der Waals surface area (Å²) in [5, 5.41) is 23.7. The van der Waals surface area contributed by atoms with Crippen LogP contribution in [0.1, 0.15) is 36.6 Å². The summed E-state index contributed by atoms with van der Waals surface area (Å²) in [6, 6.07) is 4.52. The molecule has 0 unspecified atom stereocenters. The number of aryl methyl sites for hydroxylation is 1. The third kappa shape index (κ3) is 3.16. The molecule has 8 nitrogen and oxygen atoms in total. The van der Waals surface area contributed by atoms with Crippen molar-refractivity contribution in [2.45, 2.75) is 45.7 Å². The van der Waals surface area contributed by atoms with Gasteiger partial charge in [0.25, 0.3) is 0 Å². The number of nitrogens with zero attached hydrogens (tertiary/aromatic N) is 8. The molecule has 9 heteroatoms. The molecular weight excluding hydrogens is 348 g/mol. The quantitative estimate of drug-likeness (QED) is 0.692. The van der Waals surface area contributed by atoms with Crippen LogP contribution in [0.25, 0.3) is 5.65 Å². The second-order valence-corrected chi connectivity index (χ2v) is 9.19. The Labute approximate surface area is 156 Å². The maximum atomic E-state index is 4.78. The van der Waals surface area contributed by atoms with Gasteiger partial charge in [0.1, 0.15) is 15.8 Å². The molecular formula is C17H24N8S. The first-order chi connectivity index (χ1) is 12.3. The number of hydrogen-bond acceptors (Lipinski definition) is 8. The number of anilines is 1. The maximum Gasteiger partial charge on any atom is 0.178 e. The average molecular weight is 373 g/mol. The summed E-state index contributed by atoms with van der Waals surface area (Å²) < 4.78 is 1.87. The summed E-state index contributed by atoms with van der Waals surface area (Å²) in [7, 11) is 2.15. The van der Waals surface area contributed by atoms with Crippen molar-refractivity contribution in [1.82, 2.24) is 34.9 Å². The van der Waals surface area contributed by atoms with Gasteiger partial charge in [0.2, 0.25) is 0 Å². The fraction of sp³-hybridized carbons (Fsp3) is 0.588. The van der Waals surface area contributed by atoms with Crippen LogP contribution in [0.3, 0.4) is 0 Å². The highest BCUT2D eigenvalue weighted by molar-refractivity contribution is 7.11. The van der Waals surface area contributed by atoms with Gasteiger partial charge in [-0.05, 0) is 26.1 Å². The Hall–Kier alpha value is -2.13. The van der Waals surface area contributed by atoms with Gasteiger partial charge in [-0.15, -0.1) is 36.8 Å². The number of fused-ring (bicyclic) bond motifs is 1. The van der Waals surface area contributed by atoms with Crippen molar-refractivity contribution in [3.05, 3.63) is 28.0 Å². The molecule has 3 aromatic rings. The van der Waals surface area contributed by atoms with Crippen molar-refractivity contribution in [2.24, 2.45) is 0 Å². The van der Waals surface area contributed by atoms with Crippen molar-refractivity contribution in [3.8, 4) is 0 Å². The van der Waals surface area contributed by atoms with Crippen molar-refractivity contribution >= 4 is 22.8 Å². The van der Waals surface area contributed by atoms with Crippen molar-refractivity contribution in [1.29, 1.82) is 0 Å². The molecule has 1 saturated heterocycles. The van der Waals surface area contributed by atoms with E-state index < -0.39 is 0 Å². The Balaban J connectivity index is 1.45. The van der Waals surface area contributed by atoms with Crippen LogP contribution in [0.5, 0.6) is 0 Å². The second-order valence-electron chi connectivity index (χ2n) is 7.92. The lowest BCUT2D eigenvalue weighted by Gasteiger charge is -2.44. The van der Waals surface area contributed by atoms with Crippen LogP contribution < -0.4 is 4.90 Å². The zero-order valence-electron chi connectivity index (χ0n) is 15.8. The average Bonchev–Trinajstić information content (AvgIpc) is 3.11. The zero-order valence-corrected chi connectivity index (χ0v) is 16.7. The fourth-order valence-corrected chi connectivity index (χ4v) is 3.85. The van der Waals surface area contributed by atoms with Gasteiger partial charge < -0.3 is 4.90 Å². The van der Waals surface area contributed by atoms with Gasteiger partial charge in [0.15, 0.2) is 11.5 Å². The van der Waals surface area contributed by atoms with E-state index >= 15 is 0 Å². The number of rotatable bonds is 4. The SMILES string of the molecule is Cc1nnc(CN(C)C2CN(c3ccc4nnc(C(C)(C)C)n4n3)C2)s1. The predicted octanol–water partition coefficient (Wildman–Crippen LogP) is 1.90. The van der Waals surface area contributed by atoms with Gasteiger partial charge in [0.05, 0.1) is 6.54 Å². The molecule has 0 bridgehead atoms. The molecule has 0 saturated carbocycles. The molecule has 4 heterocycles. The van der Waals surface area contributed by atoms with Crippen LogP contribution in [-0.4, -0.2) is 61.1 Å². The van der Waals surface area contributed by atoms with E-state index in [-0.39, 0.29) is 5.41 Å². The molecule has 4 rings (SSSR count). The zero-order chi connectivity index (χ0) is 18.5. The predicted molar refractivity (Wildman–Crippen MR) is 102 cm³/mol. The molecule has 0 amide bonds. The Kier molecular flexibility index (Phi) is 4.15. The third-order valence-corrected chi connectivity index (χ3v) is 5.51. The smallest absolute Gasteiger partial charge is 0.178 e. The van der Waals surface area contributed by atoms with Gasteiger partial charge in [-0.3, -0.25) is 4.90 Å². The van der Waals surface area contributed by atoms with E-state index in [2.05, 4.69) is 58.0 Å². The number of hydrogen-bond donors (Lipinski definition) is 0. The van der Waals surface area contributed by atoms with E-state index in [1.165, 1.54) is 0 Å². The molecule has 3 aromatic heterocycles. The fourth-order valence-electron chi connectivity index (χ4n) is 3.08. The first-order valence-corrected chi connectivity index (χ1v) is 9.60. The monoisotopic (exact) mass is 372 g/mol. The minimum atomic E-state index is -0.0946. The lowest BCUT2D eigenvalue weighted by molar-refractivity contribution is 0.196. The van der Waals surface area contributed by atoms with E-state index in [4.69, 9.17) is 5.10 Å². The van der Waals surface area contributed by atoms with Gasteiger partial charge in [0, 0.05) is 24.5 Å². The van der Waals surface area contributed by atoms with Crippen LogP contribution in [0.15, 0.2) is 12.1 Å². The largest absolute Gasteiger partial charge is 0.352 e. The molecule has 26 heavy (non-hydrogen) atoms. The summed E-state index contributed by atoms with van der Waals surface area (Å²) in [5.74, 6) is 1.86. The highest BCUT2D eigenvalue weighted by Gasteiger charge is 2.32. The van der Waals surface area contributed by atoms with Crippen LogP contribution in [0.2, 0.25) is 0 Å². The molecule has 0 atom stereocenters. The normalized spacial score (nSPS) is 15.8. The minimum Gasteiger partial charge on any atom is -0.352 e. The molecule has 1 aliphatic heterocycles. The second kappa shape index (κ2) is 6.24. The van der Waals surface area contributed by atoms with Crippen LogP contribution in [0.4, 0.5) is 5.82 Å². The van der Waals surface area contributed by atoms with E-state index in [9.17, 15) is 0 Å². The minimum absolute atomic E-state index is 0.0946. The first kappa shape index (κ1) is 17.3. The van der Waals surface area contributed by atoms with Crippen LogP contribution >= 0.6 is 11.3 Å². The van der Waals surface area contributed by atoms with Crippen molar-refractivity contribution in [2.75, 3.05) is 25.0 Å². The highest BCUT2D eigenvalue weighted by Crippen LogP contribution is 2.25. The molecule has 0 aliphatic carbocycles. The van der Waals surface area contributed by atoms with Crippen LogP contribution in [-0.2, 0) is 12.0 Å². The third-order valence-electron chi connectivity index (χ3n) is 4.68. The molecule has 138 valence electrons. The number of aromatic nitrogens is 6. The molecule has 0 radical (unpaired) electrons. The summed E-state index contributed by atoms with van der Waals surface area (Å²) >= 11 is 1.66. The van der Waals surface area contributed by atoms with Crippen molar-refractivity contribution < 1.29 is 0 Å². The number of likely N-dealkylation sites (N-methyl/N-ethyl adjacent to an activating group) is 1. The van der Waals surface area contributed by atoms with E-state index in [0.717, 1.165) is 46.9 Å². The Morgan fingerprint density at radius 2 is 1.92 bits per heavy atom. The van der Waals surface area contributed by atoms with Gasteiger partial charge in [-0.1, -0.05) is 20.8 Å².